The van der Waals surface area contributed by atoms with Crippen molar-refractivity contribution in [1.29, 1.82) is 0 Å². The standard InChI is InChI=1S/C13H13N3O.2C2H6/c1-3-11(15-4-2)13-8-12(16-17-13)10-6-5-7-14-9-10;2*1-2/h3-7,9,13H,1-2,8H2;2*1-2H3. The van der Waals surface area contributed by atoms with E-state index in [-0.39, 0.29) is 6.10 Å². The Balaban J connectivity index is 0.000000921. The highest BCUT2D eigenvalue weighted by Gasteiger charge is 2.25. The van der Waals surface area contributed by atoms with E-state index in [9.17, 15) is 0 Å². The number of aromatic nitrogens is 1. The van der Waals surface area contributed by atoms with Crippen LogP contribution in [-0.2, 0) is 4.84 Å². The van der Waals surface area contributed by atoms with Crippen LogP contribution < -0.4 is 0 Å². The summed E-state index contributed by atoms with van der Waals surface area (Å²) in [6.45, 7) is 15.3. The summed E-state index contributed by atoms with van der Waals surface area (Å²) >= 11 is 0. The first-order valence-electron chi connectivity index (χ1n) is 7.29. The molecule has 0 spiro atoms. The van der Waals surface area contributed by atoms with Gasteiger partial charge in [-0.05, 0) is 18.2 Å². The molecule has 0 saturated heterocycles. The molecule has 0 amide bonds. The number of rotatable bonds is 4. The molecule has 114 valence electrons. The third-order valence-corrected chi connectivity index (χ3v) is 2.44. The number of aliphatic imine (C=N–C) groups is 1. The molecular formula is C17H25N3O. The van der Waals surface area contributed by atoms with Gasteiger partial charge in [0, 0.05) is 30.6 Å². The summed E-state index contributed by atoms with van der Waals surface area (Å²) in [7, 11) is 0. The maximum Gasteiger partial charge on any atom is 0.174 e. The molecular weight excluding hydrogens is 262 g/mol. The molecule has 0 saturated carbocycles. The van der Waals surface area contributed by atoms with Crippen LogP contribution in [0.3, 0.4) is 0 Å². The summed E-state index contributed by atoms with van der Waals surface area (Å²) < 4.78 is 0. The molecule has 0 radical (unpaired) electrons. The van der Waals surface area contributed by atoms with E-state index < -0.39 is 0 Å². The molecule has 4 nitrogen and oxygen atoms in total. The third kappa shape index (κ3) is 5.73. The average molecular weight is 287 g/mol. The lowest BCUT2D eigenvalue weighted by Gasteiger charge is -2.06. The molecule has 1 aliphatic heterocycles. The van der Waals surface area contributed by atoms with Crippen molar-refractivity contribution in [1.82, 2.24) is 4.98 Å². The fraction of sp³-hybridized carbons (Fsp3) is 0.353. The summed E-state index contributed by atoms with van der Waals surface area (Å²) in [6.07, 6.45) is 7.12. The number of nitrogens with zero attached hydrogens (tertiary/aromatic N) is 3. The van der Waals surface area contributed by atoms with Gasteiger partial charge in [0.25, 0.3) is 0 Å². The molecule has 1 aliphatic rings. The summed E-state index contributed by atoms with van der Waals surface area (Å²) in [5.41, 5.74) is 2.58. The normalized spacial score (nSPS) is 16.3. The monoisotopic (exact) mass is 287 g/mol. The molecule has 21 heavy (non-hydrogen) atoms. The Bertz CT molecular complexity index is 478. The van der Waals surface area contributed by atoms with Crippen LogP contribution in [-0.4, -0.2) is 22.5 Å². The van der Waals surface area contributed by atoms with Gasteiger partial charge in [-0.25, -0.2) is 0 Å². The van der Waals surface area contributed by atoms with Crippen molar-refractivity contribution >= 4 is 11.4 Å². The van der Waals surface area contributed by atoms with E-state index in [0.29, 0.717) is 6.42 Å². The maximum absolute atomic E-state index is 5.34. The zero-order valence-corrected chi connectivity index (χ0v) is 13.4. The first-order valence-corrected chi connectivity index (χ1v) is 7.29. The smallest absolute Gasteiger partial charge is 0.174 e. The van der Waals surface area contributed by atoms with Gasteiger partial charge in [0.15, 0.2) is 6.10 Å². The molecule has 1 aromatic rings. The van der Waals surface area contributed by atoms with Gasteiger partial charge >= 0.3 is 0 Å². The molecule has 0 aromatic carbocycles. The van der Waals surface area contributed by atoms with E-state index in [1.54, 1.807) is 18.5 Å². The summed E-state index contributed by atoms with van der Waals surface area (Å²) in [5.74, 6) is 0. The summed E-state index contributed by atoms with van der Waals surface area (Å²) in [6, 6.07) is 3.83. The lowest BCUT2D eigenvalue weighted by molar-refractivity contribution is 0.133. The van der Waals surface area contributed by atoms with E-state index >= 15 is 0 Å². The van der Waals surface area contributed by atoms with Crippen LogP contribution in [0.25, 0.3) is 0 Å². The first-order chi connectivity index (χ1) is 10.3. The van der Waals surface area contributed by atoms with Gasteiger partial charge in [-0.2, -0.15) is 0 Å². The van der Waals surface area contributed by atoms with Crippen LogP contribution in [0.1, 0.15) is 39.7 Å². The maximum atomic E-state index is 5.34. The lowest BCUT2D eigenvalue weighted by Crippen LogP contribution is -2.18. The minimum absolute atomic E-state index is 0.180. The highest BCUT2D eigenvalue weighted by molar-refractivity contribution is 6.07. The molecule has 2 heterocycles. The van der Waals surface area contributed by atoms with Gasteiger partial charge in [-0.1, -0.05) is 46.0 Å². The van der Waals surface area contributed by atoms with Crippen LogP contribution in [0.4, 0.5) is 0 Å². The van der Waals surface area contributed by atoms with Crippen molar-refractivity contribution in [2.24, 2.45) is 10.1 Å². The molecule has 4 heteroatoms. The topological polar surface area (TPSA) is 46.8 Å². The Kier molecular flexibility index (Phi) is 10.4. The predicted octanol–water partition coefficient (Wildman–Crippen LogP) is 4.40. The Morgan fingerprint density at radius 3 is 2.57 bits per heavy atom. The number of hydrogen-bond acceptors (Lipinski definition) is 4. The zero-order chi connectivity index (χ0) is 16.1. The van der Waals surface area contributed by atoms with Crippen molar-refractivity contribution in [2.45, 2.75) is 40.2 Å². The second-order valence-corrected chi connectivity index (χ2v) is 3.52. The van der Waals surface area contributed by atoms with E-state index in [1.807, 2.05) is 39.8 Å². The van der Waals surface area contributed by atoms with E-state index in [0.717, 1.165) is 17.0 Å². The van der Waals surface area contributed by atoms with Crippen LogP contribution in [0.15, 0.2) is 60.1 Å². The predicted molar refractivity (Wildman–Crippen MR) is 90.8 cm³/mol. The Morgan fingerprint density at radius 1 is 1.33 bits per heavy atom. The van der Waals surface area contributed by atoms with Gasteiger partial charge < -0.3 is 4.84 Å². The van der Waals surface area contributed by atoms with E-state index in [4.69, 9.17) is 4.84 Å². The summed E-state index contributed by atoms with van der Waals surface area (Å²) in [5, 5.41) is 4.05. The van der Waals surface area contributed by atoms with E-state index in [2.05, 4.69) is 28.3 Å². The number of pyridine rings is 1. The van der Waals surface area contributed by atoms with E-state index in [1.165, 1.54) is 6.20 Å². The molecule has 0 aliphatic carbocycles. The largest absolute Gasteiger partial charge is 0.385 e. The lowest BCUT2D eigenvalue weighted by atomic mass is 10.0. The molecule has 0 fully saturated rings. The van der Waals surface area contributed by atoms with Crippen LogP contribution in [0, 0.1) is 0 Å². The van der Waals surface area contributed by atoms with Gasteiger partial charge in [-0.3, -0.25) is 9.98 Å². The molecule has 1 unspecified atom stereocenters. The zero-order valence-electron chi connectivity index (χ0n) is 13.4. The quantitative estimate of drug-likeness (QED) is 0.771. The highest BCUT2D eigenvalue weighted by atomic mass is 16.6. The van der Waals surface area contributed by atoms with Crippen LogP contribution in [0.2, 0.25) is 0 Å². The van der Waals surface area contributed by atoms with Crippen LogP contribution >= 0.6 is 0 Å². The summed E-state index contributed by atoms with van der Waals surface area (Å²) in [4.78, 5) is 13.5. The third-order valence-electron chi connectivity index (χ3n) is 2.44. The molecule has 0 N–H and O–H groups in total. The van der Waals surface area contributed by atoms with Crippen LogP contribution in [0.5, 0.6) is 0 Å². The van der Waals surface area contributed by atoms with Gasteiger partial charge in [-0.15, -0.1) is 0 Å². The average Bonchev–Trinajstić information content (AvgIpc) is 3.07. The van der Waals surface area contributed by atoms with Crippen molar-refractivity contribution in [3.8, 4) is 0 Å². The number of oxime groups is 1. The van der Waals surface area contributed by atoms with Crippen molar-refractivity contribution in [3.05, 3.63) is 55.5 Å². The Morgan fingerprint density at radius 2 is 2.05 bits per heavy atom. The number of hydrogen-bond donors (Lipinski definition) is 0. The van der Waals surface area contributed by atoms with Crippen molar-refractivity contribution < 1.29 is 4.84 Å². The SMILES string of the molecule is C=CN=C(C=C)C1CC(c2cccnc2)=NO1.CC.CC. The molecule has 2 rings (SSSR count). The molecule has 1 aromatic heterocycles. The minimum Gasteiger partial charge on any atom is -0.385 e. The van der Waals surface area contributed by atoms with Crippen molar-refractivity contribution in [2.75, 3.05) is 0 Å². The second-order valence-electron chi connectivity index (χ2n) is 3.52. The Hall–Kier alpha value is -2.23. The van der Waals surface area contributed by atoms with Gasteiger partial charge in [0.05, 0.1) is 11.4 Å². The van der Waals surface area contributed by atoms with Gasteiger partial charge in [0.2, 0.25) is 0 Å². The first kappa shape index (κ1) is 18.8. The Labute approximate surface area is 128 Å². The van der Waals surface area contributed by atoms with Gasteiger partial charge in [0.1, 0.15) is 0 Å². The highest BCUT2D eigenvalue weighted by Crippen LogP contribution is 2.17. The second kappa shape index (κ2) is 11.6. The molecule has 0 bridgehead atoms. The van der Waals surface area contributed by atoms with Crippen molar-refractivity contribution in [3.63, 3.8) is 0 Å². The fourth-order valence-electron chi connectivity index (χ4n) is 1.61. The fourth-order valence-corrected chi connectivity index (χ4v) is 1.61. The minimum atomic E-state index is -0.180. The molecule has 1 atom stereocenters.